The number of nitrogens with one attached hydrogen (secondary N) is 1. The largest absolute Gasteiger partial charge is 0.339 e. The third-order valence-electron chi connectivity index (χ3n) is 4.15. The lowest BCUT2D eigenvalue weighted by Crippen LogP contribution is -2.17. The molecular weight excluding hydrogens is 582 g/mol. The van der Waals surface area contributed by atoms with Gasteiger partial charge in [0.05, 0.1) is 5.69 Å². The summed E-state index contributed by atoms with van der Waals surface area (Å²) in [7, 11) is -3.78. The van der Waals surface area contributed by atoms with Gasteiger partial charge in [-0.15, -0.1) is 11.3 Å². The molecule has 2 aromatic carbocycles. The molecule has 0 fully saturated rings. The zero-order valence-electron chi connectivity index (χ0n) is 13.6. The first-order valence-corrected chi connectivity index (χ1v) is 12.5. The molecule has 1 aromatic heterocycles. The van der Waals surface area contributed by atoms with Crippen LogP contribution in [-0.2, 0) is 23.1 Å². The van der Waals surface area contributed by atoms with Crippen LogP contribution in [0.25, 0.3) is 0 Å². The Morgan fingerprint density at radius 1 is 1.11 bits per heavy atom. The topological polar surface area (TPSA) is 62.3 Å². The minimum absolute atomic E-state index is 0.165. The first-order valence-electron chi connectivity index (χ1n) is 7.78. The highest BCUT2D eigenvalue weighted by Crippen LogP contribution is 2.37. The predicted octanol–water partition coefficient (Wildman–Crippen LogP) is 5.75. The van der Waals surface area contributed by atoms with Crippen molar-refractivity contribution in [2.45, 2.75) is 18.0 Å². The molecule has 5 nitrogen and oxygen atoms in total. The molecular formula is C17H12Br3N3O2S2. The molecule has 0 spiro atoms. The van der Waals surface area contributed by atoms with Crippen molar-refractivity contribution < 1.29 is 8.42 Å². The Morgan fingerprint density at radius 3 is 2.52 bits per heavy atom. The number of hydrogen-bond acceptors (Lipinski definition) is 5. The highest BCUT2D eigenvalue weighted by Gasteiger charge is 2.27. The van der Waals surface area contributed by atoms with Crippen LogP contribution in [0, 0.1) is 0 Å². The van der Waals surface area contributed by atoms with E-state index in [-0.39, 0.29) is 4.90 Å². The van der Waals surface area contributed by atoms with Crippen LogP contribution in [0.2, 0.25) is 0 Å². The summed E-state index contributed by atoms with van der Waals surface area (Å²) in [4.78, 5) is 6.66. The van der Waals surface area contributed by atoms with Gasteiger partial charge in [-0.3, -0.25) is 4.72 Å². The molecule has 0 bridgehead atoms. The number of halogens is 3. The summed E-state index contributed by atoms with van der Waals surface area (Å²) in [6.07, 6.45) is 1.77. The van der Waals surface area contributed by atoms with E-state index in [1.165, 1.54) is 0 Å². The van der Waals surface area contributed by atoms with Crippen molar-refractivity contribution in [3.63, 3.8) is 0 Å². The lowest BCUT2D eigenvalue weighted by molar-refractivity contribution is 0.600. The van der Waals surface area contributed by atoms with Crippen LogP contribution >= 0.6 is 59.1 Å². The van der Waals surface area contributed by atoms with Crippen LogP contribution in [0.4, 0.5) is 10.8 Å². The molecule has 10 heteroatoms. The number of fused-ring (bicyclic) bond motifs is 1. The van der Waals surface area contributed by atoms with Gasteiger partial charge in [0, 0.05) is 43.6 Å². The smallest absolute Gasteiger partial charge is 0.264 e. The Morgan fingerprint density at radius 2 is 1.85 bits per heavy atom. The van der Waals surface area contributed by atoms with Crippen molar-refractivity contribution in [2.24, 2.45) is 0 Å². The highest BCUT2D eigenvalue weighted by atomic mass is 79.9. The molecule has 140 valence electrons. The number of anilines is 2. The maximum absolute atomic E-state index is 13.1. The normalized spacial score (nSPS) is 13.7. The average molecular weight is 594 g/mol. The second-order valence-corrected chi connectivity index (χ2v) is 11.0. The summed E-state index contributed by atoms with van der Waals surface area (Å²) in [5.74, 6) is 0. The monoisotopic (exact) mass is 591 g/mol. The number of aromatic nitrogens is 1. The molecule has 0 unspecified atom stereocenters. The van der Waals surface area contributed by atoms with Gasteiger partial charge < -0.3 is 4.90 Å². The van der Waals surface area contributed by atoms with E-state index in [0.29, 0.717) is 27.7 Å². The van der Waals surface area contributed by atoms with E-state index in [2.05, 4.69) is 62.4 Å². The lowest BCUT2D eigenvalue weighted by atomic mass is 10.1. The molecule has 2 heterocycles. The maximum atomic E-state index is 13.1. The number of sulfonamides is 1. The second-order valence-electron chi connectivity index (χ2n) is 5.92. The van der Waals surface area contributed by atoms with Gasteiger partial charge in [0.25, 0.3) is 10.0 Å². The van der Waals surface area contributed by atoms with Gasteiger partial charge in [-0.25, -0.2) is 13.4 Å². The van der Waals surface area contributed by atoms with Crippen LogP contribution in [-0.4, -0.2) is 13.4 Å². The van der Waals surface area contributed by atoms with Crippen molar-refractivity contribution in [1.29, 1.82) is 0 Å². The Kier molecular flexibility index (Phi) is 5.36. The summed E-state index contributed by atoms with van der Waals surface area (Å²) in [6, 6.07) is 9.10. The minimum Gasteiger partial charge on any atom is -0.339 e. The summed E-state index contributed by atoms with van der Waals surface area (Å²) >= 11 is 11.6. The Hall–Kier alpha value is -0.940. The van der Waals surface area contributed by atoms with Gasteiger partial charge in [-0.05, 0) is 55.6 Å². The lowest BCUT2D eigenvalue weighted by Gasteiger charge is -2.15. The van der Waals surface area contributed by atoms with Gasteiger partial charge in [-0.2, -0.15) is 0 Å². The quantitative estimate of drug-likeness (QED) is 0.418. The SMILES string of the molecule is O=S(=O)(Nc1cccc2c1CN(c1nccs1)C2)c1c(Br)cc(Br)cc1Br. The fourth-order valence-electron chi connectivity index (χ4n) is 3.01. The second kappa shape index (κ2) is 7.47. The summed E-state index contributed by atoms with van der Waals surface area (Å²) in [5, 5.41) is 2.86. The third-order valence-corrected chi connectivity index (χ3v) is 8.68. The Labute approximate surface area is 186 Å². The van der Waals surface area contributed by atoms with Gasteiger partial charge in [0.15, 0.2) is 5.13 Å². The van der Waals surface area contributed by atoms with E-state index in [1.807, 2.05) is 17.5 Å². The molecule has 0 radical (unpaired) electrons. The fraction of sp³-hybridized carbons (Fsp3) is 0.118. The van der Waals surface area contributed by atoms with Gasteiger partial charge in [0.2, 0.25) is 0 Å². The van der Waals surface area contributed by atoms with E-state index in [1.54, 1.807) is 35.7 Å². The van der Waals surface area contributed by atoms with Crippen LogP contribution in [0.5, 0.6) is 0 Å². The first-order chi connectivity index (χ1) is 12.8. The van der Waals surface area contributed by atoms with Crippen LogP contribution in [0.1, 0.15) is 11.1 Å². The minimum atomic E-state index is -3.78. The van der Waals surface area contributed by atoms with Crippen LogP contribution < -0.4 is 9.62 Å². The number of thiazole rings is 1. The molecule has 0 amide bonds. The zero-order valence-corrected chi connectivity index (χ0v) is 20.0. The molecule has 0 saturated carbocycles. The summed E-state index contributed by atoms with van der Waals surface area (Å²) in [6.45, 7) is 1.33. The molecule has 0 atom stereocenters. The van der Waals surface area contributed by atoms with Crippen molar-refractivity contribution in [2.75, 3.05) is 9.62 Å². The van der Waals surface area contributed by atoms with Crippen molar-refractivity contribution in [1.82, 2.24) is 4.98 Å². The van der Waals surface area contributed by atoms with Crippen molar-refractivity contribution in [3.8, 4) is 0 Å². The molecule has 3 aromatic rings. The van der Waals surface area contributed by atoms with Crippen molar-refractivity contribution >= 4 is 80.0 Å². The molecule has 0 aliphatic carbocycles. The molecule has 1 N–H and O–H groups in total. The standard InChI is InChI=1S/C17H12Br3N3O2S2/c18-11-6-13(19)16(14(20)7-11)27(24,25)22-15-3-1-2-10-8-23(9-12(10)15)17-21-4-5-26-17/h1-7,22H,8-9H2. The van der Waals surface area contributed by atoms with Gasteiger partial charge >= 0.3 is 0 Å². The van der Waals surface area contributed by atoms with E-state index in [9.17, 15) is 8.42 Å². The number of hydrogen-bond donors (Lipinski definition) is 1. The average Bonchev–Trinajstić information content (AvgIpc) is 3.23. The first kappa shape index (κ1) is 19.4. The number of nitrogens with zero attached hydrogens (tertiary/aromatic N) is 2. The molecule has 0 saturated heterocycles. The summed E-state index contributed by atoms with van der Waals surface area (Å²) < 4.78 is 30.6. The highest BCUT2D eigenvalue weighted by molar-refractivity contribution is 9.11. The number of rotatable bonds is 4. The Bertz CT molecular complexity index is 1100. The molecule has 1 aliphatic heterocycles. The Balaban J connectivity index is 1.68. The zero-order chi connectivity index (χ0) is 19.2. The van der Waals surface area contributed by atoms with E-state index < -0.39 is 10.0 Å². The fourth-order valence-corrected chi connectivity index (χ4v) is 8.40. The van der Waals surface area contributed by atoms with Gasteiger partial charge in [0.1, 0.15) is 4.90 Å². The molecule has 27 heavy (non-hydrogen) atoms. The van der Waals surface area contributed by atoms with Crippen LogP contribution in [0.15, 0.2) is 60.2 Å². The van der Waals surface area contributed by atoms with E-state index >= 15 is 0 Å². The van der Waals surface area contributed by atoms with Crippen molar-refractivity contribution in [3.05, 3.63) is 66.5 Å². The third kappa shape index (κ3) is 3.82. The molecule has 4 rings (SSSR count). The van der Waals surface area contributed by atoms with E-state index in [4.69, 9.17) is 0 Å². The van der Waals surface area contributed by atoms with Crippen LogP contribution in [0.3, 0.4) is 0 Å². The molecule has 1 aliphatic rings. The van der Waals surface area contributed by atoms with E-state index in [0.717, 1.165) is 20.7 Å². The maximum Gasteiger partial charge on any atom is 0.264 e. The van der Waals surface area contributed by atoms with Gasteiger partial charge in [-0.1, -0.05) is 28.1 Å². The predicted molar refractivity (Wildman–Crippen MR) is 119 cm³/mol. The number of benzene rings is 2. The summed E-state index contributed by atoms with van der Waals surface area (Å²) in [5.41, 5.74) is 2.66.